The smallest absolute Gasteiger partial charge is 0.162 e. The number of carboxylic acid groups (broad SMARTS) is 1. The summed E-state index contributed by atoms with van der Waals surface area (Å²) in [7, 11) is 0. The monoisotopic (exact) mass is 179 g/mol. The van der Waals surface area contributed by atoms with Crippen LogP contribution in [0.15, 0.2) is 12.5 Å². The molecule has 0 unspecified atom stereocenters. The SMILES string of the molecule is O=C([O-])c1cn[nH]c1-n1cnnn1. The second kappa shape index (κ2) is 2.66. The van der Waals surface area contributed by atoms with Gasteiger partial charge in [0.1, 0.15) is 6.33 Å². The van der Waals surface area contributed by atoms with Gasteiger partial charge in [0, 0.05) is 0 Å². The highest BCUT2D eigenvalue weighted by molar-refractivity contribution is 5.88. The standard InChI is InChI=1S/C5H4N6O2/c12-5(13)3-1-6-8-4(3)11-2-7-9-10-11/h1-2H,(H,6,8)(H,12,13)/p-1. The molecule has 0 spiro atoms. The number of rotatable bonds is 2. The third-order valence-corrected chi connectivity index (χ3v) is 1.42. The number of aromatic nitrogens is 6. The summed E-state index contributed by atoms with van der Waals surface area (Å²) in [6.45, 7) is 0. The average Bonchev–Trinajstić information content (AvgIpc) is 2.74. The summed E-state index contributed by atoms with van der Waals surface area (Å²) in [5.41, 5.74) is -0.0905. The van der Waals surface area contributed by atoms with Crippen LogP contribution in [0.25, 0.3) is 5.82 Å². The third kappa shape index (κ3) is 1.13. The van der Waals surface area contributed by atoms with Crippen molar-refractivity contribution in [2.45, 2.75) is 0 Å². The minimum atomic E-state index is -1.33. The first-order valence-electron chi connectivity index (χ1n) is 3.27. The van der Waals surface area contributed by atoms with Gasteiger partial charge in [-0.25, -0.2) is 0 Å². The molecule has 0 aliphatic heterocycles. The molecule has 2 aromatic heterocycles. The summed E-state index contributed by atoms with van der Waals surface area (Å²) in [5.74, 6) is -1.16. The summed E-state index contributed by atoms with van der Waals surface area (Å²) in [4.78, 5) is 10.5. The summed E-state index contributed by atoms with van der Waals surface area (Å²) < 4.78 is 1.15. The summed E-state index contributed by atoms with van der Waals surface area (Å²) >= 11 is 0. The van der Waals surface area contributed by atoms with Crippen LogP contribution in [0.4, 0.5) is 0 Å². The molecular weight excluding hydrogens is 176 g/mol. The van der Waals surface area contributed by atoms with Crippen molar-refractivity contribution in [1.82, 2.24) is 30.4 Å². The largest absolute Gasteiger partial charge is 0.545 e. The number of hydrogen-bond acceptors (Lipinski definition) is 6. The number of nitrogens with zero attached hydrogens (tertiary/aromatic N) is 5. The maximum absolute atomic E-state index is 10.5. The predicted molar refractivity (Wildman–Crippen MR) is 35.6 cm³/mol. The van der Waals surface area contributed by atoms with Gasteiger partial charge >= 0.3 is 0 Å². The molecule has 66 valence electrons. The lowest BCUT2D eigenvalue weighted by Crippen LogP contribution is -2.23. The van der Waals surface area contributed by atoms with Gasteiger partial charge in [0.2, 0.25) is 0 Å². The van der Waals surface area contributed by atoms with E-state index in [0.29, 0.717) is 0 Å². The fourth-order valence-corrected chi connectivity index (χ4v) is 0.867. The number of hydrogen-bond donors (Lipinski definition) is 1. The normalized spacial score (nSPS) is 10.2. The van der Waals surface area contributed by atoms with Gasteiger partial charge in [-0.15, -0.1) is 5.10 Å². The van der Waals surface area contributed by atoms with Crippen molar-refractivity contribution in [3.8, 4) is 5.82 Å². The van der Waals surface area contributed by atoms with E-state index in [0.717, 1.165) is 10.9 Å². The van der Waals surface area contributed by atoms with Crippen molar-refractivity contribution in [1.29, 1.82) is 0 Å². The zero-order chi connectivity index (χ0) is 9.26. The second-order valence-corrected chi connectivity index (χ2v) is 2.17. The van der Waals surface area contributed by atoms with Gasteiger partial charge < -0.3 is 9.90 Å². The van der Waals surface area contributed by atoms with E-state index in [1.165, 1.54) is 6.33 Å². The Morgan fingerprint density at radius 3 is 3.08 bits per heavy atom. The van der Waals surface area contributed by atoms with E-state index < -0.39 is 5.97 Å². The molecule has 0 saturated heterocycles. The van der Waals surface area contributed by atoms with Gasteiger partial charge in [0.05, 0.1) is 17.7 Å². The van der Waals surface area contributed by atoms with Crippen molar-refractivity contribution in [2.24, 2.45) is 0 Å². The number of carboxylic acids is 1. The molecule has 8 nitrogen and oxygen atoms in total. The quantitative estimate of drug-likeness (QED) is 0.557. The fraction of sp³-hybridized carbons (Fsp3) is 0. The van der Waals surface area contributed by atoms with Crippen molar-refractivity contribution >= 4 is 5.97 Å². The van der Waals surface area contributed by atoms with Crippen LogP contribution in [0.3, 0.4) is 0 Å². The molecule has 0 aliphatic carbocycles. The second-order valence-electron chi connectivity index (χ2n) is 2.17. The Bertz CT molecular complexity index is 418. The van der Waals surface area contributed by atoms with Gasteiger partial charge in [0.15, 0.2) is 5.82 Å². The lowest BCUT2D eigenvalue weighted by Gasteiger charge is -2.00. The first-order valence-corrected chi connectivity index (χ1v) is 3.27. The number of aromatic amines is 1. The number of carbonyl (C=O) groups excluding carboxylic acids is 1. The minimum absolute atomic E-state index is 0.0905. The van der Waals surface area contributed by atoms with Gasteiger partial charge in [-0.3, -0.25) is 5.10 Å². The first kappa shape index (κ1) is 7.40. The Morgan fingerprint density at radius 2 is 2.46 bits per heavy atom. The number of H-pyrrole nitrogens is 1. The summed E-state index contributed by atoms with van der Waals surface area (Å²) in [6.07, 6.45) is 2.38. The highest BCUT2D eigenvalue weighted by Gasteiger charge is 2.08. The zero-order valence-corrected chi connectivity index (χ0v) is 6.21. The van der Waals surface area contributed by atoms with Crippen LogP contribution >= 0.6 is 0 Å². The third-order valence-electron chi connectivity index (χ3n) is 1.42. The molecule has 0 saturated carbocycles. The molecule has 1 N–H and O–H groups in total. The summed E-state index contributed by atoms with van der Waals surface area (Å²) in [5, 5.41) is 26.7. The minimum Gasteiger partial charge on any atom is -0.545 e. The predicted octanol–water partition coefficient (Wildman–Crippen LogP) is -2.25. The highest BCUT2D eigenvalue weighted by Crippen LogP contribution is 2.06. The molecular formula is C5H3N6O2-. The Kier molecular flexibility index (Phi) is 1.51. The Hall–Kier alpha value is -2.25. The number of tetrazole rings is 1. The molecule has 0 amide bonds. The Balaban J connectivity index is 2.52. The molecule has 0 aromatic carbocycles. The van der Waals surface area contributed by atoms with Crippen molar-refractivity contribution in [3.63, 3.8) is 0 Å². The molecule has 2 aromatic rings. The van der Waals surface area contributed by atoms with Crippen LogP contribution in [-0.2, 0) is 0 Å². The number of nitrogens with one attached hydrogen (secondary N) is 1. The topological polar surface area (TPSA) is 112 Å². The van der Waals surface area contributed by atoms with E-state index in [9.17, 15) is 9.90 Å². The Morgan fingerprint density at radius 1 is 1.62 bits per heavy atom. The van der Waals surface area contributed by atoms with E-state index >= 15 is 0 Å². The fourth-order valence-electron chi connectivity index (χ4n) is 0.867. The van der Waals surface area contributed by atoms with Crippen LogP contribution in [0.2, 0.25) is 0 Å². The molecule has 2 rings (SSSR count). The van der Waals surface area contributed by atoms with Crippen molar-refractivity contribution in [2.75, 3.05) is 0 Å². The summed E-state index contributed by atoms with van der Waals surface area (Å²) in [6, 6.07) is 0. The van der Waals surface area contributed by atoms with Crippen LogP contribution in [-0.4, -0.2) is 36.4 Å². The molecule has 0 atom stereocenters. The lowest BCUT2D eigenvalue weighted by atomic mass is 10.3. The van der Waals surface area contributed by atoms with Gasteiger partial charge in [-0.2, -0.15) is 9.78 Å². The first-order chi connectivity index (χ1) is 6.29. The van der Waals surface area contributed by atoms with E-state index in [2.05, 4.69) is 25.7 Å². The molecule has 0 aliphatic rings. The number of aromatic carboxylic acids is 1. The van der Waals surface area contributed by atoms with Gasteiger partial charge in [-0.1, -0.05) is 0 Å². The molecule has 13 heavy (non-hydrogen) atoms. The van der Waals surface area contributed by atoms with Crippen molar-refractivity contribution in [3.05, 3.63) is 18.1 Å². The Labute approximate surface area is 71.2 Å². The molecule has 0 bridgehead atoms. The van der Waals surface area contributed by atoms with E-state index in [1.807, 2.05) is 0 Å². The lowest BCUT2D eigenvalue weighted by molar-refractivity contribution is -0.255. The van der Waals surface area contributed by atoms with Crippen LogP contribution < -0.4 is 5.11 Å². The molecule has 8 heteroatoms. The van der Waals surface area contributed by atoms with E-state index in [-0.39, 0.29) is 11.4 Å². The van der Waals surface area contributed by atoms with Gasteiger partial charge in [0.25, 0.3) is 0 Å². The van der Waals surface area contributed by atoms with Crippen LogP contribution in [0.1, 0.15) is 10.4 Å². The van der Waals surface area contributed by atoms with E-state index in [4.69, 9.17) is 0 Å². The highest BCUT2D eigenvalue weighted by atomic mass is 16.4. The van der Waals surface area contributed by atoms with E-state index in [1.54, 1.807) is 0 Å². The zero-order valence-electron chi connectivity index (χ0n) is 6.21. The maximum Gasteiger partial charge on any atom is 0.162 e. The van der Waals surface area contributed by atoms with Crippen LogP contribution in [0.5, 0.6) is 0 Å². The molecule has 0 radical (unpaired) electrons. The average molecular weight is 179 g/mol. The number of carbonyl (C=O) groups is 1. The van der Waals surface area contributed by atoms with Gasteiger partial charge in [-0.05, 0) is 10.4 Å². The molecule has 2 heterocycles. The molecule has 0 fully saturated rings. The maximum atomic E-state index is 10.5. The van der Waals surface area contributed by atoms with Crippen molar-refractivity contribution < 1.29 is 9.90 Å². The van der Waals surface area contributed by atoms with Crippen LogP contribution in [0, 0.1) is 0 Å².